The quantitative estimate of drug-likeness (QED) is 0.288. The highest BCUT2D eigenvalue weighted by Gasteiger charge is 2.13. The lowest BCUT2D eigenvalue weighted by molar-refractivity contribution is 0.415. The van der Waals surface area contributed by atoms with Gasteiger partial charge in [-0.15, -0.1) is 11.3 Å². The number of aromatic hydroxyl groups is 1. The molecule has 0 atom stereocenters. The number of phenolic OH excluding ortho intramolecular Hbond substituents is 1. The van der Waals surface area contributed by atoms with Crippen LogP contribution in [0.1, 0.15) is 0 Å². The van der Waals surface area contributed by atoms with Gasteiger partial charge in [-0.05, 0) is 54.6 Å². The van der Waals surface area contributed by atoms with Gasteiger partial charge in [-0.2, -0.15) is 0 Å². The summed E-state index contributed by atoms with van der Waals surface area (Å²) in [5, 5.41) is 13.6. The molecule has 7 heteroatoms. The zero-order valence-corrected chi connectivity index (χ0v) is 19.4. The molecule has 0 radical (unpaired) electrons. The fourth-order valence-corrected chi connectivity index (χ4v) is 4.37. The van der Waals surface area contributed by atoms with Gasteiger partial charge in [0, 0.05) is 26.9 Å². The van der Waals surface area contributed by atoms with E-state index in [2.05, 4.69) is 15.9 Å². The van der Waals surface area contributed by atoms with E-state index in [1.165, 1.54) is 11.3 Å². The van der Waals surface area contributed by atoms with Gasteiger partial charge >= 0.3 is 0 Å². The molecule has 2 aromatic heterocycles. The Morgan fingerprint density at radius 3 is 2.53 bits per heavy atom. The first-order chi connectivity index (χ1) is 15.6. The third kappa shape index (κ3) is 4.17. The summed E-state index contributed by atoms with van der Waals surface area (Å²) in [6.45, 7) is 0. The van der Waals surface area contributed by atoms with Gasteiger partial charge in [0.25, 0.3) is 0 Å². The zero-order chi connectivity index (χ0) is 22.1. The van der Waals surface area contributed by atoms with E-state index in [1.807, 2.05) is 66.0 Å². The lowest BCUT2D eigenvalue weighted by atomic mass is 10.1. The summed E-state index contributed by atoms with van der Waals surface area (Å²) in [6.07, 6.45) is 0. The van der Waals surface area contributed by atoms with Crippen LogP contribution in [0.2, 0.25) is 0 Å². The molecule has 0 bridgehead atoms. The Morgan fingerprint density at radius 2 is 1.78 bits per heavy atom. The Bertz CT molecular complexity index is 1470. The molecule has 32 heavy (non-hydrogen) atoms. The Labute approximate surface area is 196 Å². The van der Waals surface area contributed by atoms with Crippen LogP contribution in [0.15, 0.2) is 92.1 Å². The predicted molar refractivity (Wildman–Crippen MR) is 130 cm³/mol. The molecule has 0 unspecified atom stereocenters. The molecular formula is C25H17BrN2O3S. The van der Waals surface area contributed by atoms with E-state index in [9.17, 15) is 5.11 Å². The standard InChI is InChI=1S/C25H17BrN2O3S/c1-30-20-10-7-18(8-11-20)27-24-21(12-16-4-9-19(29)13-23(16)31-24)25-28-22(14-32-25)15-2-5-17(26)6-3-15/h2-14,29H,1H3. The summed E-state index contributed by atoms with van der Waals surface area (Å²) >= 11 is 5.00. The van der Waals surface area contributed by atoms with E-state index in [4.69, 9.17) is 19.1 Å². The molecular weight excluding hydrogens is 488 g/mol. The van der Waals surface area contributed by atoms with Crippen LogP contribution in [0.25, 0.3) is 32.8 Å². The van der Waals surface area contributed by atoms with Crippen molar-refractivity contribution in [2.45, 2.75) is 0 Å². The fraction of sp³-hybridized carbons (Fsp3) is 0.0400. The molecule has 0 aliphatic rings. The van der Waals surface area contributed by atoms with Crippen molar-refractivity contribution >= 4 is 43.9 Å². The summed E-state index contributed by atoms with van der Waals surface area (Å²) in [6, 6.07) is 22.5. The SMILES string of the molecule is COc1ccc(N=c2oc3cc(O)ccc3cc2-c2nc(-c3ccc(Br)cc3)cs2)cc1. The molecule has 0 saturated heterocycles. The third-order valence-corrected chi connectivity index (χ3v) is 6.32. The fourth-order valence-electron chi connectivity index (χ4n) is 3.27. The molecule has 0 amide bonds. The van der Waals surface area contributed by atoms with Crippen molar-refractivity contribution in [2.75, 3.05) is 7.11 Å². The first kappa shape index (κ1) is 20.5. The number of phenols is 1. The molecule has 5 aromatic rings. The lowest BCUT2D eigenvalue weighted by Gasteiger charge is -2.04. The van der Waals surface area contributed by atoms with Gasteiger partial charge < -0.3 is 14.3 Å². The maximum atomic E-state index is 9.89. The number of ether oxygens (including phenoxy) is 1. The Balaban J connectivity index is 1.67. The predicted octanol–water partition coefficient (Wildman–Crippen LogP) is 6.93. The number of benzene rings is 3. The lowest BCUT2D eigenvalue weighted by Crippen LogP contribution is -2.05. The number of hydrogen-bond acceptors (Lipinski definition) is 6. The van der Waals surface area contributed by atoms with Gasteiger partial charge in [0.05, 0.1) is 24.1 Å². The molecule has 5 nitrogen and oxygen atoms in total. The summed E-state index contributed by atoms with van der Waals surface area (Å²) in [5.41, 5.74) is 4.40. The first-order valence-corrected chi connectivity index (χ1v) is 11.4. The van der Waals surface area contributed by atoms with Crippen LogP contribution in [-0.4, -0.2) is 17.2 Å². The number of methoxy groups -OCH3 is 1. The summed E-state index contributed by atoms with van der Waals surface area (Å²) in [5.74, 6) is 0.889. The van der Waals surface area contributed by atoms with Gasteiger partial charge in [-0.3, -0.25) is 0 Å². The number of hydrogen-bond donors (Lipinski definition) is 1. The molecule has 0 fully saturated rings. The average Bonchev–Trinajstić information content (AvgIpc) is 3.29. The molecule has 1 N–H and O–H groups in total. The van der Waals surface area contributed by atoms with Crippen LogP contribution >= 0.6 is 27.3 Å². The highest BCUT2D eigenvalue weighted by atomic mass is 79.9. The van der Waals surface area contributed by atoms with Crippen molar-refractivity contribution in [1.29, 1.82) is 0 Å². The topological polar surface area (TPSA) is 67.9 Å². The minimum Gasteiger partial charge on any atom is -0.508 e. The molecule has 5 rings (SSSR count). The van der Waals surface area contributed by atoms with Crippen LogP contribution in [-0.2, 0) is 0 Å². The van der Waals surface area contributed by atoms with E-state index < -0.39 is 0 Å². The smallest absolute Gasteiger partial charge is 0.230 e. The largest absolute Gasteiger partial charge is 0.508 e. The van der Waals surface area contributed by atoms with Crippen molar-refractivity contribution in [3.05, 3.63) is 88.2 Å². The van der Waals surface area contributed by atoms with Crippen LogP contribution in [0, 0.1) is 0 Å². The van der Waals surface area contributed by atoms with Gasteiger partial charge in [0.2, 0.25) is 5.55 Å². The molecule has 0 aliphatic carbocycles. The minimum absolute atomic E-state index is 0.135. The average molecular weight is 505 g/mol. The summed E-state index contributed by atoms with van der Waals surface area (Å²) in [7, 11) is 1.63. The van der Waals surface area contributed by atoms with Crippen LogP contribution < -0.4 is 10.3 Å². The molecule has 2 heterocycles. The maximum absolute atomic E-state index is 9.89. The second kappa shape index (κ2) is 8.61. The van der Waals surface area contributed by atoms with E-state index in [0.29, 0.717) is 11.1 Å². The van der Waals surface area contributed by atoms with E-state index >= 15 is 0 Å². The van der Waals surface area contributed by atoms with Gasteiger partial charge in [-0.25, -0.2) is 9.98 Å². The molecule has 0 aliphatic heterocycles. The van der Waals surface area contributed by atoms with Crippen molar-refractivity contribution in [3.63, 3.8) is 0 Å². The number of rotatable bonds is 4. The Hall–Kier alpha value is -3.42. The van der Waals surface area contributed by atoms with Crippen LogP contribution in [0.4, 0.5) is 5.69 Å². The monoisotopic (exact) mass is 504 g/mol. The summed E-state index contributed by atoms with van der Waals surface area (Å²) in [4.78, 5) is 9.57. The normalized spacial score (nSPS) is 11.8. The van der Waals surface area contributed by atoms with Gasteiger partial charge in [-0.1, -0.05) is 28.1 Å². The Kier molecular flexibility index (Phi) is 5.51. The Morgan fingerprint density at radius 1 is 1.00 bits per heavy atom. The van der Waals surface area contributed by atoms with Crippen molar-refractivity contribution in [3.8, 4) is 33.3 Å². The second-order valence-corrected chi connectivity index (χ2v) is 8.82. The van der Waals surface area contributed by atoms with Crippen LogP contribution in [0.3, 0.4) is 0 Å². The molecule has 0 saturated carbocycles. The van der Waals surface area contributed by atoms with Crippen molar-refractivity contribution in [2.24, 2.45) is 4.99 Å². The molecule has 3 aromatic carbocycles. The van der Waals surface area contributed by atoms with Crippen molar-refractivity contribution < 1.29 is 14.3 Å². The number of halogens is 1. The van der Waals surface area contributed by atoms with Gasteiger partial charge in [0.15, 0.2) is 0 Å². The number of nitrogens with zero attached hydrogens (tertiary/aromatic N) is 2. The highest BCUT2D eigenvalue weighted by Crippen LogP contribution is 2.30. The van der Waals surface area contributed by atoms with E-state index in [1.54, 1.807) is 19.2 Å². The zero-order valence-electron chi connectivity index (χ0n) is 16.9. The van der Waals surface area contributed by atoms with E-state index in [-0.39, 0.29) is 5.75 Å². The molecule has 158 valence electrons. The number of fused-ring (bicyclic) bond motifs is 1. The first-order valence-electron chi connectivity index (χ1n) is 9.76. The number of aromatic nitrogens is 1. The maximum Gasteiger partial charge on any atom is 0.230 e. The molecule has 0 spiro atoms. The highest BCUT2D eigenvalue weighted by molar-refractivity contribution is 9.10. The summed E-state index contributed by atoms with van der Waals surface area (Å²) < 4.78 is 12.4. The van der Waals surface area contributed by atoms with Crippen molar-refractivity contribution in [1.82, 2.24) is 4.98 Å². The third-order valence-electron chi connectivity index (χ3n) is 4.91. The van der Waals surface area contributed by atoms with E-state index in [0.717, 1.165) is 43.1 Å². The number of thiazole rings is 1. The van der Waals surface area contributed by atoms with Crippen LogP contribution in [0.5, 0.6) is 11.5 Å². The minimum atomic E-state index is 0.135. The van der Waals surface area contributed by atoms with Gasteiger partial charge in [0.1, 0.15) is 22.1 Å². The second-order valence-electron chi connectivity index (χ2n) is 7.04.